The van der Waals surface area contributed by atoms with Crippen LogP contribution < -0.4 is 5.32 Å². The summed E-state index contributed by atoms with van der Waals surface area (Å²) in [5, 5.41) is 5.87. The van der Waals surface area contributed by atoms with Gasteiger partial charge in [0, 0.05) is 10.9 Å². The molecule has 1 aromatic rings. The first kappa shape index (κ1) is 16.7. The molecule has 0 fully saturated rings. The van der Waals surface area contributed by atoms with Crippen LogP contribution in [0.5, 0.6) is 0 Å². The molecule has 1 nitrogen and oxygen atoms in total. The molecule has 1 rings (SSSR count). The summed E-state index contributed by atoms with van der Waals surface area (Å²) in [6.45, 7) is 7.80. The number of nitrogens with one attached hydrogen (secondary N) is 1. The average Bonchev–Trinajstić information content (AvgIpc) is 2.82. The lowest BCUT2D eigenvalue weighted by Gasteiger charge is -2.17. The lowest BCUT2D eigenvalue weighted by molar-refractivity contribution is 0.480. The highest BCUT2D eigenvalue weighted by Crippen LogP contribution is 2.28. The van der Waals surface area contributed by atoms with Gasteiger partial charge in [-0.3, -0.25) is 0 Å². The molecule has 0 aliphatic rings. The van der Waals surface area contributed by atoms with Crippen LogP contribution in [-0.2, 0) is 0 Å². The van der Waals surface area contributed by atoms with Gasteiger partial charge in [0.25, 0.3) is 0 Å². The van der Waals surface area contributed by atoms with Crippen LogP contribution in [0.1, 0.15) is 81.7 Å². The van der Waals surface area contributed by atoms with E-state index in [-0.39, 0.29) is 0 Å². The van der Waals surface area contributed by atoms with Gasteiger partial charge in [-0.1, -0.05) is 58.8 Å². The Labute approximate surface area is 123 Å². The molecule has 1 unspecified atom stereocenters. The van der Waals surface area contributed by atoms with Crippen LogP contribution in [0.2, 0.25) is 0 Å². The molecular weight excluding hydrogens is 250 g/mol. The van der Waals surface area contributed by atoms with E-state index in [4.69, 9.17) is 0 Å². The van der Waals surface area contributed by atoms with Gasteiger partial charge in [0.1, 0.15) is 0 Å². The summed E-state index contributed by atoms with van der Waals surface area (Å²) in [5.41, 5.74) is 1.46. The summed E-state index contributed by atoms with van der Waals surface area (Å²) in [6.07, 6.45) is 11.1. The Morgan fingerprint density at radius 3 is 2.32 bits per heavy atom. The zero-order chi connectivity index (χ0) is 13.9. The molecule has 1 N–H and O–H groups in total. The first-order valence-corrected chi connectivity index (χ1v) is 8.94. The maximum atomic E-state index is 3.65. The summed E-state index contributed by atoms with van der Waals surface area (Å²) in [5.74, 6) is 0. The van der Waals surface area contributed by atoms with Crippen LogP contribution in [0.15, 0.2) is 11.4 Å². The summed E-state index contributed by atoms with van der Waals surface area (Å²) < 4.78 is 0. The molecule has 1 aromatic heterocycles. The Kier molecular flexibility index (Phi) is 9.19. The SMILES string of the molecule is CCCCCCCCCC(NCC)c1sccc1C. The zero-order valence-corrected chi connectivity index (χ0v) is 13.8. The minimum Gasteiger partial charge on any atom is -0.310 e. The van der Waals surface area contributed by atoms with E-state index < -0.39 is 0 Å². The molecule has 110 valence electrons. The molecule has 19 heavy (non-hydrogen) atoms. The zero-order valence-electron chi connectivity index (χ0n) is 13.0. The molecule has 0 aliphatic heterocycles. The van der Waals surface area contributed by atoms with Crippen LogP contribution in [0.4, 0.5) is 0 Å². The standard InChI is InChI=1S/C17H31NS/c1-4-6-7-8-9-10-11-12-16(18-5-2)17-15(3)13-14-19-17/h13-14,16,18H,4-12H2,1-3H3. The molecule has 1 heterocycles. The van der Waals surface area contributed by atoms with Gasteiger partial charge < -0.3 is 5.32 Å². The molecule has 0 bridgehead atoms. The molecule has 2 heteroatoms. The van der Waals surface area contributed by atoms with Crippen molar-refractivity contribution in [2.45, 2.75) is 78.2 Å². The predicted molar refractivity (Wildman–Crippen MR) is 88.1 cm³/mol. The van der Waals surface area contributed by atoms with E-state index in [0.29, 0.717) is 6.04 Å². The van der Waals surface area contributed by atoms with Gasteiger partial charge in [0.15, 0.2) is 0 Å². The molecule has 0 saturated carbocycles. The van der Waals surface area contributed by atoms with E-state index in [2.05, 4.69) is 37.5 Å². The second-order valence-electron chi connectivity index (χ2n) is 5.49. The van der Waals surface area contributed by atoms with E-state index in [0.717, 1.165) is 6.54 Å². The van der Waals surface area contributed by atoms with Crippen molar-refractivity contribution in [1.29, 1.82) is 0 Å². The van der Waals surface area contributed by atoms with E-state index in [1.165, 1.54) is 56.9 Å². The molecule has 0 radical (unpaired) electrons. The lowest BCUT2D eigenvalue weighted by atomic mass is 10.0. The molecule has 0 saturated heterocycles. The van der Waals surface area contributed by atoms with Crippen molar-refractivity contribution in [2.24, 2.45) is 0 Å². The largest absolute Gasteiger partial charge is 0.310 e. The first-order chi connectivity index (χ1) is 9.29. The predicted octanol–water partition coefficient (Wildman–Crippen LogP) is 5.85. The van der Waals surface area contributed by atoms with Gasteiger partial charge >= 0.3 is 0 Å². The fourth-order valence-electron chi connectivity index (χ4n) is 2.62. The van der Waals surface area contributed by atoms with Gasteiger partial charge in [0.2, 0.25) is 0 Å². The third kappa shape index (κ3) is 6.58. The summed E-state index contributed by atoms with van der Waals surface area (Å²) in [4.78, 5) is 1.55. The van der Waals surface area contributed by atoms with Gasteiger partial charge in [-0.05, 0) is 36.9 Å². The number of unbranched alkanes of at least 4 members (excludes halogenated alkanes) is 6. The maximum Gasteiger partial charge on any atom is 0.0417 e. The first-order valence-electron chi connectivity index (χ1n) is 8.07. The summed E-state index contributed by atoms with van der Waals surface area (Å²) in [6, 6.07) is 2.83. The fraction of sp³-hybridized carbons (Fsp3) is 0.765. The molecule has 0 aromatic carbocycles. The van der Waals surface area contributed by atoms with Crippen LogP contribution in [0.3, 0.4) is 0 Å². The van der Waals surface area contributed by atoms with E-state index in [9.17, 15) is 0 Å². The minimum absolute atomic E-state index is 0.584. The van der Waals surface area contributed by atoms with E-state index >= 15 is 0 Å². The van der Waals surface area contributed by atoms with Gasteiger partial charge in [-0.2, -0.15) is 0 Å². The quantitative estimate of drug-likeness (QED) is 0.502. The third-order valence-corrected chi connectivity index (χ3v) is 4.90. The Hall–Kier alpha value is -0.340. The Morgan fingerprint density at radius 2 is 1.74 bits per heavy atom. The monoisotopic (exact) mass is 281 g/mol. The molecular formula is C17H31NS. The molecule has 0 spiro atoms. The second-order valence-corrected chi connectivity index (χ2v) is 6.44. The number of thiophene rings is 1. The fourth-order valence-corrected chi connectivity index (χ4v) is 3.66. The molecule has 1 atom stereocenters. The van der Waals surface area contributed by atoms with E-state index in [1.807, 2.05) is 11.3 Å². The smallest absolute Gasteiger partial charge is 0.0417 e. The highest BCUT2D eigenvalue weighted by atomic mass is 32.1. The normalized spacial score (nSPS) is 12.8. The van der Waals surface area contributed by atoms with Crippen molar-refractivity contribution in [3.63, 3.8) is 0 Å². The second kappa shape index (κ2) is 10.4. The number of aryl methyl sites for hydroxylation is 1. The summed E-state index contributed by atoms with van der Waals surface area (Å²) >= 11 is 1.91. The van der Waals surface area contributed by atoms with Crippen LogP contribution in [0.25, 0.3) is 0 Å². The number of hydrogen-bond acceptors (Lipinski definition) is 2. The van der Waals surface area contributed by atoms with Crippen molar-refractivity contribution in [3.05, 3.63) is 21.9 Å². The van der Waals surface area contributed by atoms with Gasteiger partial charge in [-0.15, -0.1) is 11.3 Å². The van der Waals surface area contributed by atoms with Crippen molar-refractivity contribution in [2.75, 3.05) is 6.54 Å². The van der Waals surface area contributed by atoms with Crippen LogP contribution >= 0.6 is 11.3 Å². The highest BCUT2D eigenvalue weighted by molar-refractivity contribution is 7.10. The van der Waals surface area contributed by atoms with Crippen molar-refractivity contribution in [3.8, 4) is 0 Å². The minimum atomic E-state index is 0.584. The lowest BCUT2D eigenvalue weighted by Crippen LogP contribution is -2.20. The van der Waals surface area contributed by atoms with E-state index in [1.54, 1.807) is 4.88 Å². The third-order valence-electron chi connectivity index (χ3n) is 3.77. The van der Waals surface area contributed by atoms with Crippen molar-refractivity contribution < 1.29 is 0 Å². The number of rotatable bonds is 11. The average molecular weight is 282 g/mol. The maximum absolute atomic E-state index is 3.65. The topological polar surface area (TPSA) is 12.0 Å². The Balaban J connectivity index is 2.22. The van der Waals surface area contributed by atoms with Crippen molar-refractivity contribution >= 4 is 11.3 Å². The Bertz CT molecular complexity index is 319. The number of hydrogen-bond donors (Lipinski definition) is 1. The molecule has 0 amide bonds. The summed E-state index contributed by atoms with van der Waals surface area (Å²) in [7, 11) is 0. The van der Waals surface area contributed by atoms with Crippen LogP contribution in [0, 0.1) is 6.92 Å². The van der Waals surface area contributed by atoms with Crippen LogP contribution in [-0.4, -0.2) is 6.54 Å². The Morgan fingerprint density at radius 1 is 1.05 bits per heavy atom. The van der Waals surface area contributed by atoms with Gasteiger partial charge in [0.05, 0.1) is 0 Å². The van der Waals surface area contributed by atoms with Crippen molar-refractivity contribution in [1.82, 2.24) is 5.32 Å². The van der Waals surface area contributed by atoms with Gasteiger partial charge in [-0.25, -0.2) is 0 Å². The molecule has 0 aliphatic carbocycles. The highest BCUT2D eigenvalue weighted by Gasteiger charge is 2.13.